The van der Waals surface area contributed by atoms with Crippen molar-refractivity contribution in [3.8, 4) is 11.1 Å². The highest BCUT2D eigenvalue weighted by Crippen LogP contribution is 2.44. The maximum Gasteiger partial charge on any atom is 0.335 e. The van der Waals surface area contributed by atoms with Gasteiger partial charge in [-0.2, -0.15) is 0 Å². The average Bonchev–Trinajstić information content (AvgIpc) is 3.02. The van der Waals surface area contributed by atoms with Crippen molar-refractivity contribution in [3.05, 3.63) is 89.5 Å². The van der Waals surface area contributed by atoms with E-state index >= 15 is 0 Å². The molecule has 1 aliphatic rings. The smallest absolute Gasteiger partial charge is 0.335 e. The molecule has 4 nitrogen and oxygen atoms in total. The second-order valence-corrected chi connectivity index (χ2v) is 6.78. The molecule has 1 aliphatic carbocycles. The highest BCUT2D eigenvalue weighted by atomic mass is 16.5. The Bertz CT molecular complexity index is 937. The molecule has 4 rings (SSSR count). The molecule has 0 saturated heterocycles. The number of nitrogen functional groups attached to an aromatic ring is 1. The second kappa shape index (κ2) is 7.25. The molecule has 0 heterocycles. The number of carbonyl (C=O) groups excluding carboxylic acids is 1. The van der Waals surface area contributed by atoms with Crippen LogP contribution in [0.4, 0.5) is 5.69 Å². The number of fused-ring (bicyclic) bond motifs is 3. The van der Waals surface area contributed by atoms with Crippen molar-refractivity contribution in [2.75, 3.05) is 12.3 Å². The van der Waals surface area contributed by atoms with Crippen LogP contribution in [-0.4, -0.2) is 23.8 Å². The summed E-state index contributed by atoms with van der Waals surface area (Å²) < 4.78 is 5.48. The zero-order chi connectivity index (χ0) is 18.8. The third-order valence-corrected chi connectivity index (χ3v) is 5.10. The Hall–Kier alpha value is -3.11. The number of para-hydroxylation sites is 1. The van der Waals surface area contributed by atoms with Crippen molar-refractivity contribution < 1.29 is 14.6 Å². The van der Waals surface area contributed by atoms with Gasteiger partial charge in [-0.15, -0.1) is 0 Å². The summed E-state index contributed by atoms with van der Waals surface area (Å²) in [7, 11) is 0. The van der Waals surface area contributed by atoms with Crippen LogP contribution in [-0.2, 0) is 16.0 Å². The topological polar surface area (TPSA) is 72.5 Å². The summed E-state index contributed by atoms with van der Waals surface area (Å²) in [5, 5.41) is 10.2. The lowest BCUT2D eigenvalue weighted by Crippen LogP contribution is -2.27. The molecule has 1 atom stereocenters. The van der Waals surface area contributed by atoms with Crippen LogP contribution in [0.2, 0.25) is 0 Å². The lowest BCUT2D eigenvalue weighted by molar-refractivity contribution is -0.153. The van der Waals surface area contributed by atoms with E-state index in [0.717, 1.165) is 16.7 Å². The summed E-state index contributed by atoms with van der Waals surface area (Å²) in [6.45, 7) is 0.203. The largest absolute Gasteiger partial charge is 0.463 e. The van der Waals surface area contributed by atoms with Gasteiger partial charge in [-0.05, 0) is 33.9 Å². The fourth-order valence-corrected chi connectivity index (χ4v) is 3.71. The molecule has 3 aromatic carbocycles. The highest BCUT2D eigenvalue weighted by molar-refractivity contribution is 5.79. The Morgan fingerprint density at radius 1 is 0.926 bits per heavy atom. The number of nitrogens with two attached hydrogens (primary N) is 1. The van der Waals surface area contributed by atoms with E-state index in [4.69, 9.17) is 10.5 Å². The monoisotopic (exact) mass is 359 g/mol. The standard InChI is InChI=1S/C23H21NO3/c24-21-12-6-1-7-15(21)13-22(25)23(26)27-14-20-18-10-4-2-8-16(18)17-9-3-5-11-19(17)20/h1-12,20,22,25H,13-14,24H2. The van der Waals surface area contributed by atoms with Gasteiger partial charge in [-0.3, -0.25) is 0 Å². The van der Waals surface area contributed by atoms with Crippen LogP contribution in [0.5, 0.6) is 0 Å². The van der Waals surface area contributed by atoms with Gasteiger partial charge in [0.2, 0.25) is 0 Å². The minimum Gasteiger partial charge on any atom is -0.463 e. The molecular weight excluding hydrogens is 338 g/mol. The lowest BCUT2D eigenvalue weighted by atomic mass is 9.98. The summed E-state index contributed by atoms with van der Waals surface area (Å²) >= 11 is 0. The number of aliphatic hydroxyl groups is 1. The normalized spacial score (nSPS) is 13.7. The van der Waals surface area contributed by atoms with Gasteiger partial charge in [-0.25, -0.2) is 4.79 Å². The first kappa shape index (κ1) is 17.3. The van der Waals surface area contributed by atoms with Crippen LogP contribution in [0.1, 0.15) is 22.6 Å². The number of hydrogen-bond donors (Lipinski definition) is 2. The maximum atomic E-state index is 12.3. The molecule has 4 heteroatoms. The Labute approximate surface area is 158 Å². The number of anilines is 1. The van der Waals surface area contributed by atoms with Crippen LogP contribution in [0.3, 0.4) is 0 Å². The maximum absolute atomic E-state index is 12.3. The van der Waals surface area contributed by atoms with Crippen LogP contribution in [0.25, 0.3) is 11.1 Å². The number of rotatable bonds is 5. The first-order chi connectivity index (χ1) is 13.1. The molecule has 0 aliphatic heterocycles. The van der Waals surface area contributed by atoms with Crippen molar-refractivity contribution in [1.82, 2.24) is 0 Å². The van der Waals surface area contributed by atoms with Crippen molar-refractivity contribution in [1.29, 1.82) is 0 Å². The minimum absolute atomic E-state index is 0.0182. The molecule has 136 valence electrons. The molecule has 3 aromatic rings. The summed E-state index contributed by atoms with van der Waals surface area (Å²) in [4.78, 5) is 12.3. The van der Waals surface area contributed by atoms with E-state index in [2.05, 4.69) is 24.3 Å². The number of aliphatic hydroxyl groups excluding tert-OH is 1. The van der Waals surface area contributed by atoms with E-state index in [0.29, 0.717) is 5.69 Å². The van der Waals surface area contributed by atoms with Gasteiger partial charge in [0, 0.05) is 18.0 Å². The fraction of sp³-hybridized carbons (Fsp3) is 0.174. The molecule has 0 saturated carbocycles. The molecule has 0 fully saturated rings. The van der Waals surface area contributed by atoms with Crippen LogP contribution < -0.4 is 5.73 Å². The molecule has 0 aromatic heterocycles. The summed E-state index contributed by atoms with van der Waals surface area (Å²) in [6, 6.07) is 23.5. The molecule has 0 radical (unpaired) electrons. The van der Waals surface area contributed by atoms with E-state index in [-0.39, 0.29) is 18.9 Å². The first-order valence-corrected chi connectivity index (χ1v) is 9.01. The van der Waals surface area contributed by atoms with E-state index < -0.39 is 12.1 Å². The zero-order valence-corrected chi connectivity index (χ0v) is 14.8. The van der Waals surface area contributed by atoms with Crippen molar-refractivity contribution in [2.24, 2.45) is 0 Å². The van der Waals surface area contributed by atoms with Gasteiger partial charge < -0.3 is 15.6 Å². The van der Waals surface area contributed by atoms with Gasteiger partial charge in [0.05, 0.1) is 0 Å². The van der Waals surface area contributed by atoms with Crippen LogP contribution in [0.15, 0.2) is 72.8 Å². The number of esters is 1. The molecule has 0 bridgehead atoms. The molecule has 3 N–H and O–H groups in total. The first-order valence-electron chi connectivity index (χ1n) is 9.01. The van der Waals surface area contributed by atoms with Gasteiger partial charge >= 0.3 is 5.97 Å². The predicted octanol–water partition coefficient (Wildman–Crippen LogP) is 3.53. The molecule has 27 heavy (non-hydrogen) atoms. The van der Waals surface area contributed by atoms with E-state index in [1.807, 2.05) is 36.4 Å². The van der Waals surface area contributed by atoms with Gasteiger partial charge in [-0.1, -0.05) is 66.7 Å². The van der Waals surface area contributed by atoms with Crippen molar-refractivity contribution in [3.63, 3.8) is 0 Å². The van der Waals surface area contributed by atoms with Crippen molar-refractivity contribution >= 4 is 11.7 Å². The summed E-state index contributed by atoms with van der Waals surface area (Å²) in [5.41, 5.74) is 11.8. The zero-order valence-electron chi connectivity index (χ0n) is 14.8. The van der Waals surface area contributed by atoms with E-state index in [1.165, 1.54) is 11.1 Å². The average molecular weight is 359 g/mol. The molecular formula is C23H21NO3. The second-order valence-electron chi connectivity index (χ2n) is 6.78. The number of ether oxygens (including phenoxy) is 1. The Morgan fingerprint density at radius 3 is 2.11 bits per heavy atom. The minimum atomic E-state index is -1.23. The summed E-state index contributed by atoms with van der Waals surface area (Å²) in [6.07, 6.45) is -1.09. The summed E-state index contributed by atoms with van der Waals surface area (Å²) in [5.74, 6) is -0.643. The Morgan fingerprint density at radius 2 is 1.48 bits per heavy atom. The highest BCUT2D eigenvalue weighted by Gasteiger charge is 2.30. The quantitative estimate of drug-likeness (QED) is 0.540. The van der Waals surface area contributed by atoms with Crippen molar-refractivity contribution in [2.45, 2.75) is 18.4 Å². The van der Waals surface area contributed by atoms with E-state index in [9.17, 15) is 9.90 Å². The number of carbonyl (C=O) groups is 1. The fourth-order valence-electron chi connectivity index (χ4n) is 3.71. The number of hydrogen-bond acceptors (Lipinski definition) is 4. The Balaban J connectivity index is 1.47. The van der Waals surface area contributed by atoms with E-state index in [1.54, 1.807) is 12.1 Å². The molecule has 1 unspecified atom stereocenters. The third-order valence-electron chi connectivity index (χ3n) is 5.10. The van der Waals surface area contributed by atoms with Crippen LogP contribution >= 0.6 is 0 Å². The predicted molar refractivity (Wildman–Crippen MR) is 105 cm³/mol. The Kier molecular flexibility index (Phi) is 4.65. The van der Waals surface area contributed by atoms with Gasteiger partial charge in [0.1, 0.15) is 6.61 Å². The lowest BCUT2D eigenvalue weighted by Gasteiger charge is -2.16. The molecule has 0 amide bonds. The van der Waals surface area contributed by atoms with Gasteiger partial charge in [0.15, 0.2) is 6.10 Å². The van der Waals surface area contributed by atoms with Crippen LogP contribution in [0, 0.1) is 0 Å². The molecule has 0 spiro atoms. The SMILES string of the molecule is Nc1ccccc1CC(O)C(=O)OCC1c2ccccc2-c2ccccc21. The third kappa shape index (κ3) is 3.32. The number of benzene rings is 3. The van der Waals surface area contributed by atoms with Gasteiger partial charge in [0.25, 0.3) is 0 Å².